The number of thioether (sulfide) groups is 1. The molecule has 7 rings (SSSR count). The standard InChI is InChI=1S/C38H48N4O10S/c1-47-27-13-20(14-28(48-2)36(27)49-3)32-21-15-25-26(52-19-51-25)16-22(21)34(23-17-50-37(45)33(23)32)41-31(44)11-5-4-8-12-39-30(43)10-7-6-9-29-35-24(18-53-29)40-38(46)42-35/h13-16,23-24,29,32-35H,4-12,17-19H2,1-3H3,(H,39,43)(H,41,44)(H2,40,42,46)/t23-,24-,29-,32+,33-,34+,35-/m0/s1. The Balaban J connectivity index is 0.930. The lowest BCUT2D eigenvalue weighted by Crippen LogP contribution is -2.42. The van der Waals surface area contributed by atoms with Crippen molar-refractivity contribution in [2.24, 2.45) is 11.8 Å². The van der Waals surface area contributed by atoms with Gasteiger partial charge >= 0.3 is 12.0 Å². The van der Waals surface area contributed by atoms with Crippen molar-refractivity contribution in [3.63, 3.8) is 0 Å². The number of hydrogen-bond donors (Lipinski definition) is 4. The molecule has 3 saturated heterocycles. The fourth-order valence-electron chi connectivity index (χ4n) is 8.45. The number of carbonyl (C=O) groups is 4. The van der Waals surface area contributed by atoms with Gasteiger partial charge in [-0.05, 0) is 66.6 Å². The van der Waals surface area contributed by atoms with E-state index in [1.807, 2.05) is 36.0 Å². The number of esters is 1. The number of benzene rings is 2. The second kappa shape index (κ2) is 16.2. The third-order valence-electron chi connectivity index (χ3n) is 11.0. The molecule has 0 bridgehead atoms. The first-order valence-corrected chi connectivity index (χ1v) is 19.5. The summed E-state index contributed by atoms with van der Waals surface area (Å²) in [4.78, 5) is 50.9. The van der Waals surface area contributed by atoms with Crippen LogP contribution in [0.15, 0.2) is 24.3 Å². The van der Waals surface area contributed by atoms with Crippen molar-refractivity contribution in [2.45, 2.75) is 80.7 Å². The van der Waals surface area contributed by atoms with Crippen molar-refractivity contribution in [3.05, 3.63) is 41.0 Å². The summed E-state index contributed by atoms with van der Waals surface area (Å²) in [7, 11) is 4.64. The van der Waals surface area contributed by atoms with Crippen molar-refractivity contribution < 1.29 is 47.6 Å². The first kappa shape index (κ1) is 36.8. The molecule has 4 amide bonds. The molecule has 0 aromatic heterocycles. The lowest BCUT2D eigenvalue weighted by Gasteiger charge is -2.39. The maximum atomic E-state index is 13.5. The molecule has 286 valence electrons. The van der Waals surface area contributed by atoms with Gasteiger partial charge in [0.05, 0.1) is 52.0 Å². The van der Waals surface area contributed by atoms with Gasteiger partial charge in [-0.25, -0.2) is 4.79 Å². The van der Waals surface area contributed by atoms with Gasteiger partial charge in [0.15, 0.2) is 23.0 Å². The highest BCUT2D eigenvalue weighted by Gasteiger charge is 2.53. The molecule has 5 aliphatic rings. The van der Waals surface area contributed by atoms with Gasteiger partial charge < -0.3 is 49.7 Å². The fraction of sp³-hybridized carbons (Fsp3) is 0.579. The molecule has 3 fully saturated rings. The zero-order valence-corrected chi connectivity index (χ0v) is 31.1. The number of methoxy groups -OCH3 is 3. The lowest BCUT2D eigenvalue weighted by molar-refractivity contribution is -0.141. The molecule has 0 saturated carbocycles. The minimum Gasteiger partial charge on any atom is -0.493 e. The molecule has 4 N–H and O–H groups in total. The maximum Gasteiger partial charge on any atom is 0.315 e. The average Bonchev–Trinajstić information content (AvgIpc) is 3.95. The van der Waals surface area contributed by atoms with Gasteiger partial charge in [-0.1, -0.05) is 12.8 Å². The molecule has 15 heteroatoms. The molecular formula is C38H48N4O10S. The number of fused-ring (bicyclic) bond motifs is 4. The second-order valence-corrected chi connectivity index (χ2v) is 15.4. The molecule has 0 spiro atoms. The molecule has 0 radical (unpaired) electrons. The van der Waals surface area contributed by atoms with Crippen LogP contribution < -0.4 is 45.0 Å². The second-order valence-electron chi connectivity index (χ2n) is 14.2. The lowest BCUT2D eigenvalue weighted by atomic mass is 9.65. The molecule has 0 unspecified atom stereocenters. The van der Waals surface area contributed by atoms with E-state index in [0.29, 0.717) is 59.8 Å². The van der Waals surface area contributed by atoms with Gasteiger partial charge in [-0.2, -0.15) is 11.8 Å². The Morgan fingerprint density at radius 3 is 2.30 bits per heavy atom. The first-order chi connectivity index (χ1) is 25.8. The largest absolute Gasteiger partial charge is 0.493 e. The van der Waals surface area contributed by atoms with E-state index in [1.165, 1.54) is 0 Å². The van der Waals surface area contributed by atoms with E-state index in [4.69, 9.17) is 28.4 Å². The average molecular weight is 753 g/mol. The quantitative estimate of drug-likeness (QED) is 0.111. The third kappa shape index (κ3) is 7.62. The smallest absolute Gasteiger partial charge is 0.315 e. The zero-order chi connectivity index (χ0) is 37.1. The zero-order valence-electron chi connectivity index (χ0n) is 30.3. The van der Waals surface area contributed by atoms with E-state index in [-0.39, 0.29) is 55.2 Å². The van der Waals surface area contributed by atoms with Crippen LogP contribution in [0.3, 0.4) is 0 Å². The molecule has 7 atom stereocenters. The summed E-state index contributed by atoms with van der Waals surface area (Å²) in [6.45, 7) is 0.814. The van der Waals surface area contributed by atoms with Crippen LogP contribution in [-0.2, 0) is 19.1 Å². The van der Waals surface area contributed by atoms with E-state index in [9.17, 15) is 19.2 Å². The van der Waals surface area contributed by atoms with Crippen LogP contribution in [0, 0.1) is 11.8 Å². The summed E-state index contributed by atoms with van der Waals surface area (Å²) in [5, 5.41) is 12.6. The number of urea groups is 1. The summed E-state index contributed by atoms with van der Waals surface area (Å²) in [6.07, 6.45) is 5.75. The molecule has 2 aromatic rings. The number of ether oxygens (including phenoxy) is 6. The molecule has 14 nitrogen and oxygen atoms in total. The van der Waals surface area contributed by atoms with Crippen LogP contribution in [-0.4, -0.2) is 88.2 Å². The molecule has 1 aliphatic carbocycles. The van der Waals surface area contributed by atoms with Gasteiger partial charge in [0.2, 0.25) is 24.4 Å². The number of nitrogens with one attached hydrogen (secondary N) is 4. The Morgan fingerprint density at radius 1 is 0.849 bits per heavy atom. The Bertz CT molecular complexity index is 1700. The van der Waals surface area contributed by atoms with Gasteiger partial charge in [0.1, 0.15) is 0 Å². The van der Waals surface area contributed by atoms with E-state index < -0.39 is 17.9 Å². The number of rotatable bonds is 16. The third-order valence-corrected chi connectivity index (χ3v) is 12.5. The summed E-state index contributed by atoms with van der Waals surface area (Å²) in [6, 6.07) is 7.37. The van der Waals surface area contributed by atoms with Crippen LogP contribution in [0.25, 0.3) is 0 Å². The van der Waals surface area contributed by atoms with Crippen LogP contribution in [0.4, 0.5) is 4.79 Å². The highest BCUT2D eigenvalue weighted by Crippen LogP contribution is 2.55. The molecule has 4 heterocycles. The summed E-state index contributed by atoms with van der Waals surface area (Å²) < 4.78 is 34.0. The van der Waals surface area contributed by atoms with Gasteiger partial charge in [0.25, 0.3) is 0 Å². The number of cyclic esters (lactones) is 1. The summed E-state index contributed by atoms with van der Waals surface area (Å²) in [5.41, 5.74) is 2.46. The number of carbonyl (C=O) groups excluding carboxylic acids is 4. The van der Waals surface area contributed by atoms with E-state index in [1.54, 1.807) is 21.3 Å². The van der Waals surface area contributed by atoms with Crippen LogP contribution in [0.2, 0.25) is 0 Å². The molecule has 2 aromatic carbocycles. The Labute approximate surface area is 313 Å². The van der Waals surface area contributed by atoms with Crippen LogP contribution in [0.5, 0.6) is 28.7 Å². The topological polar surface area (TPSA) is 172 Å². The SMILES string of the molecule is COc1cc([C@@H]2c3cc4c(cc3[C@@H](NC(=O)CCCCCNC(=O)CCCC[C@@H]3SC[C@@H]5NC(=O)N[C@@H]53)[C@H]3COC(=O)[C@H]23)OCO4)cc(OC)c1OC. The Hall–Kier alpha value is -4.53. The molecular weight excluding hydrogens is 705 g/mol. The summed E-state index contributed by atoms with van der Waals surface area (Å²) in [5.74, 6) is 1.71. The van der Waals surface area contributed by atoms with E-state index >= 15 is 0 Å². The van der Waals surface area contributed by atoms with E-state index in [0.717, 1.165) is 54.5 Å². The highest BCUT2D eigenvalue weighted by atomic mass is 32.2. The van der Waals surface area contributed by atoms with Crippen molar-refractivity contribution in [3.8, 4) is 28.7 Å². The number of amides is 4. The van der Waals surface area contributed by atoms with Crippen molar-refractivity contribution in [1.29, 1.82) is 0 Å². The Morgan fingerprint density at radius 2 is 1.57 bits per heavy atom. The first-order valence-electron chi connectivity index (χ1n) is 18.4. The minimum absolute atomic E-state index is 0.0417. The van der Waals surface area contributed by atoms with Crippen molar-refractivity contribution >= 4 is 35.6 Å². The van der Waals surface area contributed by atoms with Crippen molar-refractivity contribution in [2.75, 3.05) is 47.0 Å². The molecule has 53 heavy (non-hydrogen) atoms. The monoisotopic (exact) mass is 752 g/mol. The summed E-state index contributed by atoms with van der Waals surface area (Å²) >= 11 is 1.89. The normalized spacial score (nSPS) is 26.1. The fourth-order valence-corrected chi connectivity index (χ4v) is 10.00. The van der Waals surface area contributed by atoms with Crippen LogP contribution >= 0.6 is 11.8 Å². The predicted molar refractivity (Wildman–Crippen MR) is 195 cm³/mol. The van der Waals surface area contributed by atoms with Gasteiger partial charge in [-0.3, -0.25) is 14.4 Å². The highest BCUT2D eigenvalue weighted by molar-refractivity contribution is 8.00. The number of hydrogen-bond acceptors (Lipinski definition) is 11. The van der Waals surface area contributed by atoms with Crippen molar-refractivity contribution in [1.82, 2.24) is 21.3 Å². The molecule has 4 aliphatic heterocycles. The maximum absolute atomic E-state index is 13.5. The van der Waals surface area contributed by atoms with E-state index in [2.05, 4.69) is 21.3 Å². The van der Waals surface area contributed by atoms with Gasteiger partial charge in [-0.15, -0.1) is 0 Å². The van der Waals surface area contributed by atoms with Crippen LogP contribution in [0.1, 0.15) is 80.0 Å². The Kier molecular flexibility index (Phi) is 11.3. The minimum atomic E-state index is -0.583. The number of unbranched alkanes of at least 4 members (excludes halogenated alkanes) is 3. The predicted octanol–water partition coefficient (Wildman–Crippen LogP) is 3.94. The van der Waals surface area contributed by atoms with Gasteiger partial charge in [0, 0.05) is 42.2 Å².